The lowest BCUT2D eigenvalue weighted by Gasteiger charge is -2.14. The highest BCUT2D eigenvalue weighted by atomic mass is 79.9. The molecule has 0 unspecified atom stereocenters. The highest BCUT2D eigenvalue weighted by Crippen LogP contribution is 2.21. The molecule has 1 aromatic carbocycles. The van der Waals surface area contributed by atoms with Gasteiger partial charge in [-0.25, -0.2) is 4.79 Å². The Kier molecular flexibility index (Phi) is 4.61. The van der Waals surface area contributed by atoms with E-state index in [4.69, 9.17) is 5.11 Å². The smallest absolute Gasteiger partial charge is 0.319 e. The molecule has 0 heterocycles. The van der Waals surface area contributed by atoms with Gasteiger partial charge in [-0.2, -0.15) is 0 Å². The number of aliphatic hydroxyl groups excluding tert-OH is 1. The number of hydrogen-bond acceptors (Lipinski definition) is 2. The minimum absolute atomic E-state index is 0.00962. The average Bonchev–Trinajstić information content (AvgIpc) is 2.81. The minimum Gasteiger partial charge on any atom is -0.396 e. The van der Waals surface area contributed by atoms with Crippen LogP contribution in [0, 0.1) is 12.8 Å². The molecule has 19 heavy (non-hydrogen) atoms. The summed E-state index contributed by atoms with van der Waals surface area (Å²) in [7, 11) is 0. The van der Waals surface area contributed by atoms with E-state index in [1.807, 2.05) is 37.3 Å². The van der Waals surface area contributed by atoms with Crippen LogP contribution in [0.5, 0.6) is 0 Å². The molecule has 102 valence electrons. The fourth-order valence-corrected chi connectivity index (χ4v) is 2.43. The first-order valence-corrected chi connectivity index (χ1v) is 7.00. The van der Waals surface area contributed by atoms with Gasteiger partial charge in [0.2, 0.25) is 0 Å². The zero-order chi connectivity index (χ0) is 13.8. The highest BCUT2D eigenvalue weighted by Gasteiger charge is 2.19. The van der Waals surface area contributed by atoms with Gasteiger partial charge in [0.15, 0.2) is 0 Å². The van der Waals surface area contributed by atoms with Crippen LogP contribution in [0.25, 0.3) is 0 Å². The molecular weight excluding hydrogens is 308 g/mol. The number of nitrogens with one attached hydrogen (secondary N) is 2. The van der Waals surface area contributed by atoms with Crippen LogP contribution in [0.2, 0.25) is 0 Å². The third-order valence-corrected chi connectivity index (χ3v) is 3.66. The summed E-state index contributed by atoms with van der Waals surface area (Å²) in [5, 5.41) is 14.7. The van der Waals surface area contributed by atoms with Gasteiger partial charge in [0.25, 0.3) is 0 Å². The second-order valence-electron chi connectivity index (χ2n) is 4.73. The Bertz CT molecular complexity index is 502. The summed E-state index contributed by atoms with van der Waals surface area (Å²) < 4.78 is 0.925. The second-order valence-corrected chi connectivity index (χ2v) is 5.64. The molecule has 0 fully saturated rings. The predicted molar refractivity (Wildman–Crippen MR) is 79.2 cm³/mol. The molecule has 0 spiro atoms. The second kappa shape index (κ2) is 6.21. The number of hydrogen-bond donors (Lipinski definition) is 3. The van der Waals surface area contributed by atoms with Crippen LogP contribution in [0.3, 0.4) is 0 Å². The molecule has 0 saturated carbocycles. The number of amides is 2. The van der Waals surface area contributed by atoms with Crippen molar-refractivity contribution in [2.75, 3.05) is 11.9 Å². The van der Waals surface area contributed by atoms with E-state index in [0.717, 1.165) is 22.1 Å². The maximum Gasteiger partial charge on any atom is 0.319 e. The Balaban J connectivity index is 1.91. The molecule has 4 nitrogen and oxygen atoms in total. The Hall–Kier alpha value is -1.33. The number of carbonyl (C=O) groups excluding carboxylic acids is 1. The van der Waals surface area contributed by atoms with E-state index < -0.39 is 0 Å². The Morgan fingerprint density at radius 2 is 2.26 bits per heavy atom. The molecule has 2 atom stereocenters. The third-order valence-electron chi connectivity index (χ3n) is 3.17. The SMILES string of the molecule is Cc1ccc(Br)cc1NC(=O)N[C@@H]1C=C[C@H](CO)C1. The largest absolute Gasteiger partial charge is 0.396 e. The summed E-state index contributed by atoms with van der Waals surface area (Å²) in [6.07, 6.45) is 4.62. The van der Waals surface area contributed by atoms with Gasteiger partial charge >= 0.3 is 6.03 Å². The van der Waals surface area contributed by atoms with Crippen LogP contribution in [0.15, 0.2) is 34.8 Å². The summed E-state index contributed by atoms with van der Waals surface area (Å²) >= 11 is 3.38. The van der Waals surface area contributed by atoms with Gasteiger partial charge in [-0.05, 0) is 31.0 Å². The minimum atomic E-state index is -0.227. The predicted octanol–water partition coefficient (Wildman–Crippen LogP) is 2.82. The van der Waals surface area contributed by atoms with Crippen LogP contribution in [0.4, 0.5) is 10.5 Å². The van der Waals surface area contributed by atoms with Crippen LogP contribution >= 0.6 is 15.9 Å². The monoisotopic (exact) mass is 324 g/mol. The van der Waals surface area contributed by atoms with E-state index in [-0.39, 0.29) is 24.6 Å². The fourth-order valence-electron chi connectivity index (χ4n) is 2.07. The number of aliphatic hydroxyl groups is 1. The molecule has 5 heteroatoms. The number of halogens is 1. The topological polar surface area (TPSA) is 61.4 Å². The molecule has 0 aliphatic heterocycles. The van der Waals surface area contributed by atoms with E-state index >= 15 is 0 Å². The summed E-state index contributed by atoms with van der Waals surface area (Å²) in [6, 6.07) is 5.51. The van der Waals surface area contributed by atoms with Crippen LogP contribution < -0.4 is 10.6 Å². The molecule has 1 aromatic rings. The quantitative estimate of drug-likeness (QED) is 0.749. The van der Waals surface area contributed by atoms with E-state index in [2.05, 4.69) is 26.6 Å². The lowest BCUT2D eigenvalue weighted by Crippen LogP contribution is -2.36. The highest BCUT2D eigenvalue weighted by molar-refractivity contribution is 9.10. The molecule has 0 radical (unpaired) electrons. The van der Waals surface area contributed by atoms with Crippen molar-refractivity contribution in [1.82, 2.24) is 5.32 Å². The van der Waals surface area contributed by atoms with Crippen molar-refractivity contribution in [2.45, 2.75) is 19.4 Å². The zero-order valence-electron chi connectivity index (χ0n) is 10.7. The van der Waals surface area contributed by atoms with Crippen molar-refractivity contribution >= 4 is 27.6 Å². The lowest BCUT2D eigenvalue weighted by atomic mass is 10.1. The summed E-state index contributed by atoms with van der Waals surface area (Å²) in [5.41, 5.74) is 1.79. The van der Waals surface area contributed by atoms with Crippen molar-refractivity contribution < 1.29 is 9.90 Å². The summed E-state index contributed by atoms with van der Waals surface area (Å²) in [6.45, 7) is 2.07. The zero-order valence-corrected chi connectivity index (χ0v) is 12.3. The normalized spacial score (nSPS) is 21.4. The van der Waals surface area contributed by atoms with E-state index in [1.165, 1.54) is 0 Å². The number of urea groups is 1. The fraction of sp³-hybridized carbons (Fsp3) is 0.357. The van der Waals surface area contributed by atoms with E-state index in [9.17, 15) is 4.79 Å². The molecule has 1 aliphatic rings. The Morgan fingerprint density at radius 1 is 1.47 bits per heavy atom. The number of benzene rings is 1. The van der Waals surface area contributed by atoms with Gasteiger partial charge in [-0.3, -0.25) is 0 Å². The first kappa shape index (κ1) is 14.1. The molecule has 2 amide bonds. The molecule has 3 N–H and O–H groups in total. The number of anilines is 1. The van der Waals surface area contributed by atoms with Gasteiger partial charge in [0.05, 0.1) is 0 Å². The number of carbonyl (C=O) groups is 1. The first-order valence-electron chi connectivity index (χ1n) is 6.21. The van der Waals surface area contributed by atoms with Crippen LogP contribution in [-0.2, 0) is 0 Å². The van der Waals surface area contributed by atoms with Crippen LogP contribution in [-0.4, -0.2) is 23.8 Å². The summed E-state index contributed by atoms with van der Waals surface area (Å²) in [5.74, 6) is 0.151. The van der Waals surface area contributed by atoms with Crippen molar-refractivity contribution in [2.24, 2.45) is 5.92 Å². The van der Waals surface area contributed by atoms with E-state index in [0.29, 0.717) is 0 Å². The van der Waals surface area contributed by atoms with Crippen LogP contribution in [0.1, 0.15) is 12.0 Å². The van der Waals surface area contributed by atoms with Gasteiger partial charge in [0.1, 0.15) is 0 Å². The maximum atomic E-state index is 11.9. The molecule has 0 aromatic heterocycles. The number of aryl methyl sites for hydroxylation is 1. The standard InChI is InChI=1S/C14H17BrN2O2/c1-9-2-4-11(15)7-13(9)17-14(19)16-12-5-3-10(6-12)8-18/h2-5,7,10,12,18H,6,8H2,1H3,(H2,16,17,19)/t10-,12+/m0/s1. The Labute approximate surface area is 121 Å². The van der Waals surface area contributed by atoms with Gasteiger partial charge in [0, 0.05) is 28.7 Å². The third kappa shape index (κ3) is 3.81. The first-order chi connectivity index (χ1) is 9.08. The molecule has 0 bridgehead atoms. The lowest BCUT2D eigenvalue weighted by molar-refractivity contribution is 0.238. The summed E-state index contributed by atoms with van der Waals surface area (Å²) in [4.78, 5) is 11.9. The van der Waals surface area contributed by atoms with Gasteiger partial charge in [-0.15, -0.1) is 0 Å². The van der Waals surface area contributed by atoms with Crippen molar-refractivity contribution in [3.8, 4) is 0 Å². The molecule has 1 aliphatic carbocycles. The van der Waals surface area contributed by atoms with Gasteiger partial charge in [-0.1, -0.05) is 34.1 Å². The van der Waals surface area contributed by atoms with Crippen molar-refractivity contribution in [1.29, 1.82) is 0 Å². The Morgan fingerprint density at radius 3 is 2.95 bits per heavy atom. The molecule has 2 rings (SSSR count). The number of rotatable bonds is 3. The maximum absolute atomic E-state index is 11.9. The van der Waals surface area contributed by atoms with E-state index in [1.54, 1.807) is 0 Å². The van der Waals surface area contributed by atoms with Crippen molar-refractivity contribution in [3.63, 3.8) is 0 Å². The average molecular weight is 325 g/mol. The molecular formula is C14H17BrN2O2. The molecule has 0 saturated heterocycles. The van der Waals surface area contributed by atoms with Crippen molar-refractivity contribution in [3.05, 3.63) is 40.4 Å². The van der Waals surface area contributed by atoms with Gasteiger partial charge < -0.3 is 15.7 Å².